The van der Waals surface area contributed by atoms with Gasteiger partial charge in [0.1, 0.15) is 0 Å². The normalized spacial score (nSPS) is 6.56. The van der Waals surface area contributed by atoms with Gasteiger partial charge in [-0.1, -0.05) is 12.7 Å². The molecular weight excluding hydrogens is 366 g/mol. The maximum Gasteiger partial charge on any atom is -0.0809 e. The summed E-state index contributed by atoms with van der Waals surface area (Å²) in [7, 11) is 0. The Balaban J connectivity index is -0.0000000964. The molecule has 0 unspecified atom stereocenters. The Bertz CT molecular complexity index is 385. The summed E-state index contributed by atoms with van der Waals surface area (Å²) in [6, 6.07) is 14.7. The van der Waals surface area contributed by atoms with E-state index in [-0.39, 0.29) is 38.8 Å². The summed E-state index contributed by atoms with van der Waals surface area (Å²) in [6.07, 6.45) is 0. The molecule has 0 spiro atoms. The molecule has 0 aliphatic carbocycles. The first kappa shape index (κ1) is 26.8. The van der Waals surface area contributed by atoms with E-state index < -0.39 is 21.9 Å². The van der Waals surface area contributed by atoms with Crippen LogP contribution in [0.5, 0.6) is 0 Å². The summed E-state index contributed by atoms with van der Waals surface area (Å²) in [5, 5.41) is 10.1. The number of hydrogen-bond acceptors (Lipinski definition) is 2. The van der Waals surface area contributed by atoms with Gasteiger partial charge in [-0.05, 0) is 0 Å². The van der Waals surface area contributed by atoms with Gasteiger partial charge < -0.3 is 19.5 Å². The molecule has 2 aromatic carbocycles. The van der Waals surface area contributed by atoms with Crippen LogP contribution in [0.25, 0.3) is 10.8 Å². The van der Waals surface area contributed by atoms with Crippen molar-refractivity contribution in [2.24, 2.45) is 0 Å². The second-order valence-corrected chi connectivity index (χ2v) is 4.19. The third kappa shape index (κ3) is 12.7. The Kier molecular flexibility index (Phi) is 29.1. The minimum absolute atomic E-state index is 0. The van der Waals surface area contributed by atoms with Crippen LogP contribution in [0.15, 0.2) is 42.5 Å². The molecule has 1 N–H and O–H groups in total. The van der Waals surface area contributed by atoms with Crippen molar-refractivity contribution in [1.82, 2.24) is 0 Å². The first-order valence-corrected chi connectivity index (χ1v) is 9.53. The molecule has 2 aromatic rings. The van der Waals surface area contributed by atoms with Crippen LogP contribution in [0.1, 0.15) is 0 Å². The quantitative estimate of drug-likeness (QED) is 0.561. The second kappa shape index (κ2) is 19.6. The molecule has 0 bridgehead atoms. The van der Waals surface area contributed by atoms with Crippen molar-refractivity contribution >= 4 is 42.5 Å². The van der Waals surface area contributed by atoms with Gasteiger partial charge >= 0.3 is 31.5 Å². The molecule has 6 heteroatoms. The maximum atomic E-state index is 9.01. The molecule has 0 heterocycles. The van der Waals surface area contributed by atoms with Crippen molar-refractivity contribution in [1.29, 1.82) is 0 Å². The Morgan fingerprint density at radius 2 is 1.72 bits per heavy atom. The molecule has 0 saturated heterocycles. The van der Waals surface area contributed by atoms with Crippen molar-refractivity contribution in [3.63, 3.8) is 0 Å². The minimum Gasteiger partial charge on any atom is -0.168 e. The standard InChI is InChI=1S/C9H7.C2H5O.CH3.2ClH.O.Si.Zr/c1-2-5-9-7-3-6-8(9)4-1;1-2-3;;;;;;/h1-7H;3H,1-2H2;1H3;2*1H;;;/q3*-1;;;;;. The molecule has 2 radical (unpaired) electrons. The molecule has 0 fully saturated rings. The molecule has 0 atom stereocenters. The van der Waals surface area contributed by atoms with Gasteiger partial charge in [0.25, 0.3) is 0 Å². The van der Waals surface area contributed by atoms with Gasteiger partial charge in [-0.3, -0.25) is 0 Å². The van der Waals surface area contributed by atoms with E-state index in [0.29, 0.717) is 0 Å². The molecule has 0 aliphatic heterocycles. The van der Waals surface area contributed by atoms with Gasteiger partial charge in [0, 0.05) is 0 Å². The van der Waals surface area contributed by atoms with Crippen LogP contribution in [0.4, 0.5) is 0 Å². The van der Waals surface area contributed by atoms with Crippen LogP contribution in [0.3, 0.4) is 0 Å². The monoisotopic (exact) mass is 381 g/mol. The van der Waals surface area contributed by atoms with E-state index in [4.69, 9.17) is 7.92 Å². The van der Waals surface area contributed by atoms with E-state index >= 15 is 0 Å². The van der Waals surface area contributed by atoms with Crippen LogP contribution in [-0.2, 0) is 24.7 Å². The average molecular weight is 383 g/mol. The largest absolute Gasteiger partial charge is 0.168 e. The summed E-state index contributed by atoms with van der Waals surface area (Å²) in [6.45, 7) is 5.84. The SMILES string of the molecule is Cl.Cl.[CH2-]CO.[CH3-].[O]=[Zr]=[Si].c1ccc2[cH-]ccc2c1. The van der Waals surface area contributed by atoms with Gasteiger partial charge in [-0.2, -0.15) is 17.5 Å². The summed E-state index contributed by atoms with van der Waals surface area (Å²) in [5.74, 6) is 0. The van der Waals surface area contributed by atoms with Crippen molar-refractivity contribution in [2.75, 3.05) is 6.61 Å². The molecule has 0 amide bonds. The summed E-state index contributed by atoms with van der Waals surface area (Å²) < 4.78 is 9.01. The number of hydrogen-bond donors (Lipinski definition) is 1. The second-order valence-electron chi connectivity index (χ2n) is 2.48. The number of benzene rings is 1. The predicted octanol–water partition coefficient (Wildman–Crippen LogP) is 3.16. The van der Waals surface area contributed by atoms with Crippen LogP contribution < -0.4 is 0 Å². The fraction of sp³-hybridized carbons (Fsp3) is 0.0833. The first-order valence-electron chi connectivity index (χ1n) is 4.34. The van der Waals surface area contributed by atoms with Crippen LogP contribution in [-0.4, -0.2) is 18.6 Å². The third-order valence-corrected chi connectivity index (χ3v) is 1.55. The van der Waals surface area contributed by atoms with Gasteiger partial charge in [0.15, 0.2) is 0 Å². The summed E-state index contributed by atoms with van der Waals surface area (Å²) in [4.78, 5) is 0. The van der Waals surface area contributed by atoms with Crippen molar-refractivity contribution < 1.29 is 29.8 Å². The van der Waals surface area contributed by atoms with Gasteiger partial charge in [0.2, 0.25) is 0 Å². The molecule has 18 heavy (non-hydrogen) atoms. The number of rotatable bonds is 0. The molecule has 2 nitrogen and oxygen atoms in total. The van der Waals surface area contributed by atoms with Crippen LogP contribution in [0, 0.1) is 14.4 Å². The fourth-order valence-electron chi connectivity index (χ4n) is 1.07. The number of halogens is 2. The van der Waals surface area contributed by atoms with Crippen molar-refractivity contribution in [3.8, 4) is 0 Å². The van der Waals surface area contributed by atoms with Crippen molar-refractivity contribution in [2.45, 2.75) is 0 Å². The van der Waals surface area contributed by atoms with E-state index in [1.165, 1.54) is 10.8 Å². The topological polar surface area (TPSA) is 37.3 Å². The number of aliphatic hydroxyl groups excluding tert-OH is 1. The molecule has 2 rings (SSSR count). The summed E-state index contributed by atoms with van der Waals surface area (Å²) in [5.41, 5.74) is 0. The number of aliphatic hydroxyl groups is 1. The zero-order valence-corrected chi connectivity index (χ0v) is 15.2. The zero-order chi connectivity index (χ0) is 11.5. The molecular formula is C12H17Cl2O2SiZr-3. The Hall–Kier alpha value is 0.270. The van der Waals surface area contributed by atoms with Gasteiger partial charge in [-0.25, -0.2) is 0 Å². The van der Waals surface area contributed by atoms with E-state index in [2.05, 4.69) is 56.3 Å². The molecule has 0 saturated carbocycles. The van der Waals surface area contributed by atoms with Gasteiger partial charge in [0.05, 0.1) is 0 Å². The van der Waals surface area contributed by atoms with E-state index in [9.17, 15) is 0 Å². The van der Waals surface area contributed by atoms with E-state index in [1.54, 1.807) is 0 Å². The Labute approximate surface area is 135 Å². The fourth-order valence-corrected chi connectivity index (χ4v) is 1.07. The van der Waals surface area contributed by atoms with Crippen LogP contribution >= 0.6 is 24.8 Å². The zero-order valence-electron chi connectivity index (χ0n) is 10.1. The third-order valence-electron chi connectivity index (χ3n) is 1.55. The minimum atomic E-state index is -1.21. The average Bonchev–Trinajstić information content (AvgIpc) is 2.67. The predicted molar refractivity (Wildman–Crippen MR) is 79.3 cm³/mol. The van der Waals surface area contributed by atoms with Gasteiger partial charge in [-0.15, -0.1) is 54.5 Å². The van der Waals surface area contributed by atoms with Crippen molar-refractivity contribution in [3.05, 3.63) is 56.8 Å². The molecule has 0 aromatic heterocycles. The smallest absolute Gasteiger partial charge is 0.0809 e. The summed E-state index contributed by atoms with van der Waals surface area (Å²) >= 11 is -1.21. The first-order chi connectivity index (χ1) is 7.29. The molecule has 102 valence electrons. The number of fused-ring (bicyclic) bond motifs is 1. The van der Waals surface area contributed by atoms with Crippen LogP contribution in [0.2, 0.25) is 0 Å². The Morgan fingerprint density at radius 3 is 2.17 bits per heavy atom. The Morgan fingerprint density at radius 1 is 1.28 bits per heavy atom. The van der Waals surface area contributed by atoms with E-state index in [0.717, 1.165) is 0 Å². The molecule has 0 aliphatic rings. The van der Waals surface area contributed by atoms with E-state index in [1.807, 2.05) is 0 Å². The maximum absolute atomic E-state index is 9.01.